The monoisotopic (exact) mass is 752 g/mol. The van der Waals surface area contributed by atoms with E-state index < -0.39 is 0 Å². The first-order valence-electron chi connectivity index (χ1n) is 20.2. The van der Waals surface area contributed by atoms with Crippen molar-refractivity contribution in [2.24, 2.45) is 0 Å². The molecule has 0 aliphatic carbocycles. The van der Waals surface area contributed by atoms with Crippen molar-refractivity contribution < 1.29 is 4.42 Å². The van der Waals surface area contributed by atoms with Gasteiger partial charge in [-0.2, -0.15) is 0 Å². The highest BCUT2D eigenvalue weighted by molar-refractivity contribution is 6.20. The molecule has 3 nitrogen and oxygen atoms in total. The van der Waals surface area contributed by atoms with E-state index in [4.69, 9.17) is 4.42 Å². The summed E-state index contributed by atoms with van der Waals surface area (Å²) in [6.45, 7) is 0. The van der Waals surface area contributed by atoms with Crippen molar-refractivity contribution in [1.29, 1.82) is 0 Å². The highest BCUT2D eigenvalue weighted by Gasteiger charge is 2.19. The van der Waals surface area contributed by atoms with Crippen LogP contribution < -0.4 is 4.90 Å². The van der Waals surface area contributed by atoms with Gasteiger partial charge in [-0.15, -0.1) is 0 Å². The van der Waals surface area contributed by atoms with Crippen molar-refractivity contribution in [1.82, 2.24) is 4.57 Å². The fourth-order valence-electron chi connectivity index (χ4n) is 9.19. The van der Waals surface area contributed by atoms with E-state index in [1.54, 1.807) is 0 Å². The molecule has 0 atom stereocenters. The number of nitrogens with zero attached hydrogens (tertiary/aromatic N) is 2. The largest absolute Gasteiger partial charge is 0.456 e. The van der Waals surface area contributed by atoms with Crippen molar-refractivity contribution in [3.05, 3.63) is 218 Å². The predicted molar refractivity (Wildman–Crippen MR) is 249 cm³/mol. The van der Waals surface area contributed by atoms with Crippen LogP contribution in [-0.2, 0) is 0 Å². The molecular formula is C56H36N2O. The molecule has 0 N–H and O–H groups in total. The van der Waals surface area contributed by atoms with Crippen LogP contribution in [-0.4, -0.2) is 4.57 Å². The molecule has 0 aliphatic rings. The summed E-state index contributed by atoms with van der Waals surface area (Å²) in [5, 5.41) is 9.48. The Kier molecular flexibility index (Phi) is 7.54. The van der Waals surface area contributed by atoms with E-state index in [-0.39, 0.29) is 0 Å². The molecule has 10 aromatic carbocycles. The predicted octanol–water partition coefficient (Wildman–Crippen LogP) is 15.8. The van der Waals surface area contributed by atoms with E-state index in [1.807, 2.05) is 0 Å². The molecule has 0 aliphatic heterocycles. The van der Waals surface area contributed by atoms with Crippen molar-refractivity contribution in [3.63, 3.8) is 0 Å². The zero-order valence-corrected chi connectivity index (χ0v) is 32.1. The number of fused-ring (bicyclic) bond motifs is 9. The van der Waals surface area contributed by atoms with Gasteiger partial charge in [-0.05, 0) is 111 Å². The summed E-state index contributed by atoms with van der Waals surface area (Å²) in [6.07, 6.45) is 0. The zero-order valence-electron chi connectivity index (χ0n) is 32.1. The first kappa shape index (κ1) is 33.3. The third-order valence-electron chi connectivity index (χ3n) is 11.9. The van der Waals surface area contributed by atoms with E-state index in [0.717, 1.165) is 55.6 Å². The topological polar surface area (TPSA) is 21.3 Å². The summed E-state index contributed by atoms with van der Waals surface area (Å²) in [5.74, 6) is 0. The lowest BCUT2D eigenvalue weighted by Gasteiger charge is -2.26. The molecule has 0 radical (unpaired) electrons. The molecular weight excluding hydrogens is 717 g/mol. The van der Waals surface area contributed by atoms with E-state index in [9.17, 15) is 0 Å². The summed E-state index contributed by atoms with van der Waals surface area (Å²) in [7, 11) is 0. The maximum absolute atomic E-state index is 6.70. The highest BCUT2D eigenvalue weighted by Crippen LogP contribution is 2.43. The number of aromatic nitrogens is 1. The normalized spacial score (nSPS) is 11.7. The average molecular weight is 753 g/mol. The second kappa shape index (κ2) is 13.4. The van der Waals surface area contributed by atoms with Gasteiger partial charge in [0.1, 0.15) is 11.2 Å². The van der Waals surface area contributed by atoms with Crippen LogP contribution in [0.5, 0.6) is 0 Å². The van der Waals surface area contributed by atoms with Crippen LogP contribution in [0.4, 0.5) is 17.1 Å². The van der Waals surface area contributed by atoms with Crippen molar-refractivity contribution in [2.45, 2.75) is 0 Å². The molecule has 276 valence electrons. The third-order valence-corrected chi connectivity index (χ3v) is 11.9. The van der Waals surface area contributed by atoms with Gasteiger partial charge in [0, 0.05) is 49.9 Å². The van der Waals surface area contributed by atoms with Gasteiger partial charge in [0.05, 0.1) is 11.0 Å². The minimum Gasteiger partial charge on any atom is -0.456 e. The lowest BCUT2D eigenvalue weighted by atomic mass is 9.98. The minimum absolute atomic E-state index is 0.879. The molecule has 0 spiro atoms. The lowest BCUT2D eigenvalue weighted by Crippen LogP contribution is -2.09. The Hall–Kier alpha value is -7.88. The molecule has 2 aromatic heterocycles. The Labute approximate surface area is 341 Å². The molecule has 0 saturated heterocycles. The maximum atomic E-state index is 6.70. The fraction of sp³-hybridized carbons (Fsp3) is 0. The van der Waals surface area contributed by atoms with E-state index in [2.05, 4.69) is 228 Å². The number of furan rings is 1. The molecule has 0 fully saturated rings. The van der Waals surface area contributed by atoms with Crippen LogP contribution >= 0.6 is 0 Å². The molecule has 0 saturated carbocycles. The first-order valence-corrected chi connectivity index (χ1v) is 20.2. The summed E-state index contributed by atoms with van der Waals surface area (Å²) in [6, 6.07) is 78.6. The number of hydrogen-bond donors (Lipinski definition) is 0. The molecule has 3 heteroatoms. The summed E-state index contributed by atoms with van der Waals surface area (Å²) < 4.78 is 9.09. The van der Waals surface area contributed by atoms with Crippen LogP contribution in [0.25, 0.3) is 93.2 Å². The molecule has 59 heavy (non-hydrogen) atoms. The highest BCUT2D eigenvalue weighted by atomic mass is 16.3. The van der Waals surface area contributed by atoms with Gasteiger partial charge < -0.3 is 13.9 Å². The number of anilines is 3. The Morgan fingerprint density at radius 2 is 0.983 bits per heavy atom. The fourth-order valence-corrected chi connectivity index (χ4v) is 9.19. The quantitative estimate of drug-likeness (QED) is 0.169. The van der Waals surface area contributed by atoms with Gasteiger partial charge in [-0.1, -0.05) is 146 Å². The summed E-state index contributed by atoms with van der Waals surface area (Å²) in [5.41, 5.74) is 13.3. The van der Waals surface area contributed by atoms with Crippen LogP contribution in [0.3, 0.4) is 0 Å². The number of para-hydroxylation sites is 3. The third kappa shape index (κ3) is 5.44. The molecule has 0 bridgehead atoms. The number of rotatable bonds is 6. The van der Waals surface area contributed by atoms with Crippen molar-refractivity contribution >= 4 is 82.4 Å². The van der Waals surface area contributed by atoms with Gasteiger partial charge >= 0.3 is 0 Å². The van der Waals surface area contributed by atoms with Gasteiger partial charge in [-0.3, -0.25) is 0 Å². The van der Waals surface area contributed by atoms with E-state index >= 15 is 0 Å². The van der Waals surface area contributed by atoms with Crippen LogP contribution in [0.2, 0.25) is 0 Å². The standard InChI is InChI=1S/C56H36N2O/c1-3-12-37(13-4-1)39-22-27-44(28-23-39)57(45-29-24-38-14-7-8-15-40(38)34-45)46-30-32-47-41(35-46)26-33-53-55(47)51-31-25-42(36-54(51)59-53)48-19-11-20-50-49-18-9-10-21-52(49)58(56(48)50)43-16-5-2-6-17-43/h1-36H. The lowest BCUT2D eigenvalue weighted by molar-refractivity contribution is 0.669. The van der Waals surface area contributed by atoms with Crippen LogP contribution in [0.15, 0.2) is 223 Å². The average Bonchev–Trinajstić information content (AvgIpc) is 3.86. The molecule has 0 unspecified atom stereocenters. The van der Waals surface area contributed by atoms with Crippen molar-refractivity contribution in [2.75, 3.05) is 4.90 Å². The first-order chi connectivity index (χ1) is 29.2. The second-order valence-electron chi connectivity index (χ2n) is 15.3. The van der Waals surface area contributed by atoms with Gasteiger partial charge in [0.25, 0.3) is 0 Å². The number of hydrogen-bond acceptors (Lipinski definition) is 2. The summed E-state index contributed by atoms with van der Waals surface area (Å²) >= 11 is 0. The Morgan fingerprint density at radius 1 is 0.356 bits per heavy atom. The van der Waals surface area contributed by atoms with Gasteiger partial charge in [-0.25, -0.2) is 0 Å². The summed E-state index contributed by atoms with van der Waals surface area (Å²) in [4.78, 5) is 2.36. The maximum Gasteiger partial charge on any atom is 0.136 e. The molecule has 2 heterocycles. The van der Waals surface area contributed by atoms with Crippen molar-refractivity contribution in [3.8, 4) is 27.9 Å². The molecule has 12 rings (SSSR count). The van der Waals surface area contributed by atoms with Gasteiger partial charge in [0.15, 0.2) is 0 Å². The molecule has 0 amide bonds. The number of benzene rings is 10. The Balaban J connectivity index is 0.992. The van der Waals surface area contributed by atoms with E-state index in [0.29, 0.717) is 0 Å². The van der Waals surface area contributed by atoms with Crippen LogP contribution in [0.1, 0.15) is 0 Å². The smallest absolute Gasteiger partial charge is 0.136 e. The Morgan fingerprint density at radius 3 is 1.83 bits per heavy atom. The Bertz CT molecular complexity index is 3540. The second-order valence-corrected chi connectivity index (χ2v) is 15.3. The SMILES string of the molecule is c1ccc(-c2ccc(N(c3ccc4ccccc4c3)c3ccc4c(ccc5oc6cc(-c7cccc8c9ccccc9n(-c9ccccc9)c78)ccc6c54)c3)cc2)cc1. The van der Waals surface area contributed by atoms with Crippen LogP contribution in [0, 0.1) is 0 Å². The van der Waals surface area contributed by atoms with E-state index in [1.165, 1.54) is 54.7 Å². The minimum atomic E-state index is 0.879. The van der Waals surface area contributed by atoms with Gasteiger partial charge in [0.2, 0.25) is 0 Å². The zero-order chi connectivity index (χ0) is 38.9. The molecule has 12 aromatic rings.